The normalized spacial score (nSPS) is 10.0. The first-order valence-electron chi connectivity index (χ1n) is 4.89. The molecule has 3 N–H and O–H groups in total. The van der Waals surface area contributed by atoms with Crippen molar-refractivity contribution in [2.75, 3.05) is 18.2 Å². The zero-order valence-corrected chi connectivity index (χ0v) is 9.90. The molecule has 0 spiro atoms. The maximum Gasteiger partial charge on any atom is 0.224 e. The summed E-state index contributed by atoms with van der Waals surface area (Å²) in [7, 11) is 1.59. The fourth-order valence-electron chi connectivity index (χ4n) is 1.35. The Morgan fingerprint density at radius 3 is 2.88 bits per heavy atom. The molecule has 2 aromatic rings. The summed E-state index contributed by atoms with van der Waals surface area (Å²) in [5, 5.41) is 3.18. The third kappa shape index (κ3) is 2.57. The van der Waals surface area contributed by atoms with E-state index in [1.807, 2.05) is 24.3 Å². The average molecular weight is 251 g/mol. The van der Waals surface area contributed by atoms with Gasteiger partial charge in [-0.15, -0.1) is 0 Å². The predicted molar refractivity (Wildman–Crippen MR) is 67.7 cm³/mol. The van der Waals surface area contributed by atoms with E-state index >= 15 is 0 Å². The molecular formula is C11H11ClN4O. The highest BCUT2D eigenvalue weighted by Gasteiger charge is 2.06. The number of nitrogens with zero attached hydrogens (tertiary/aromatic N) is 2. The first-order valence-corrected chi connectivity index (χ1v) is 5.26. The summed E-state index contributed by atoms with van der Waals surface area (Å²) in [5.41, 5.74) is 6.92. The molecule has 0 saturated carbocycles. The summed E-state index contributed by atoms with van der Waals surface area (Å²) in [6, 6.07) is 7.44. The number of nitrogen functional groups attached to an aromatic ring is 1. The number of para-hydroxylation sites is 2. The molecule has 1 aromatic heterocycles. The standard InChI is InChI=1S/C11H11ClN4O/c1-17-9-5-3-2-4-8(9)15-10-7(13)6-14-11(12)16-10/h2-6H,13H2,1H3,(H,14,15,16). The largest absolute Gasteiger partial charge is 0.495 e. The molecule has 5 nitrogen and oxygen atoms in total. The second kappa shape index (κ2) is 4.88. The van der Waals surface area contributed by atoms with Gasteiger partial charge in [0.1, 0.15) is 5.75 Å². The Bertz CT molecular complexity index is 533. The molecule has 0 aliphatic carbocycles. The summed E-state index contributed by atoms with van der Waals surface area (Å²) in [4.78, 5) is 7.79. The van der Waals surface area contributed by atoms with Gasteiger partial charge < -0.3 is 15.8 Å². The molecule has 0 unspecified atom stereocenters. The minimum atomic E-state index is 0.136. The Hall–Kier alpha value is -2.01. The third-order valence-corrected chi connectivity index (χ3v) is 2.33. The van der Waals surface area contributed by atoms with Gasteiger partial charge in [0.05, 0.1) is 24.7 Å². The van der Waals surface area contributed by atoms with Crippen molar-refractivity contribution in [3.05, 3.63) is 35.7 Å². The van der Waals surface area contributed by atoms with Gasteiger partial charge >= 0.3 is 0 Å². The molecule has 0 radical (unpaired) electrons. The van der Waals surface area contributed by atoms with Crippen molar-refractivity contribution in [2.45, 2.75) is 0 Å². The lowest BCUT2D eigenvalue weighted by atomic mass is 10.3. The molecule has 6 heteroatoms. The van der Waals surface area contributed by atoms with Crippen molar-refractivity contribution in [2.24, 2.45) is 0 Å². The summed E-state index contributed by atoms with van der Waals surface area (Å²) < 4.78 is 5.21. The molecule has 0 atom stereocenters. The lowest BCUT2D eigenvalue weighted by molar-refractivity contribution is 0.417. The quantitative estimate of drug-likeness (QED) is 0.819. The van der Waals surface area contributed by atoms with Gasteiger partial charge in [0, 0.05) is 0 Å². The fourth-order valence-corrected chi connectivity index (χ4v) is 1.48. The highest BCUT2D eigenvalue weighted by molar-refractivity contribution is 6.28. The molecule has 0 saturated heterocycles. The topological polar surface area (TPSA) is 73.1 Å². The molecular weight excluding hydrogens is 240 g/mol. The van der Waals surface area contributed by atoms with Crippen molar-refractivity contribution in [3.8, 4) is 5.75 Å². The second-order valence-electron chi connectivity index (χ2n) is 3.27. The van der Waals surface area contributed by atoms with Crippen LogP contribution in [0.25, 0.3) is 0 Å². The Morgan fingerprint density at radius 2 is 2.12 bits per heavy atom. The molecule has 0 aliphatic rings. The lowest BCUT2D eigenvalue weighted by Gasteiger charge is -2.11. The lowest BCUT2D eigenvalue weighted by Crippen LogP contribution is -2.01. The molecule has 1 aromatic carbocycles. The van der Waals surface area contributed by atoms with Crippen LogP contribution in [0.15, 0.2) is 30.5 Å². The first-order chi connectivity index (χ1) is 8.20. The van der Waals surface area contributed by atoms with Crippen LogP contribution in [0.3, 0.4) is 0 Å². The van der Waals surface area contributed by atoms with Crippen molar-refractivity contribution >= 4 is 28.8 Å². The first kappa shape index (κ1) is 11.5. The highest BCUT2D eigenvalue weighted by Crippen LogP contribution is 2.28. The maximum atomic E-state index is 5.74. The number of nitrogens with two attached hydrogens (primary N) is 1. The molecule has 1 heterocycles. The van der Waals surface area contributed by atoms with Crippen molar-refractivity contribution < 1.29 is 4.74 Å². The van der Waals surface area contributed by atoms with E-state index in [1.54, 1.807) is 7.11 Å². The van der Waals surface area contributed by atoms with Crippen LogP contribution in [-0.4, -0.2) is 17.1 Å². The smallest absolute Gasteiger partial charge is 0.224 e. The molecule has 88 valence electrons. The van der Waals surface area contributed by atoms with Gasteiger partial charge in [0.25, 0.3) is 0 Å². The van der Waals surface area contributed by atoms with Crippen LogP contribution >= 0.6 is 11.6 Å². The summed E-state index contributed by atoms with van der Waals surface area (Å²) in [6.45, 7) is 0. The summed E-state index contributed by atoms with van der Waals surface area (Å²) >= 11 is 5.71. The van der Waals surface area contributed by atoms with E-state index in [4.69, 9.17) is 22.1 Å². The number of hydrogen-bond acceptors (Lipinski definition) is 5. The van der Waals surface area contributed by atoms with Crippen LogP contribution < -0.4 is 15.8 Å². The van der Waals surface area contributed by atoms with Crippen LogP contribution in [-0.2, 0) is 0 Å². The molecule has 0 aliphatic heterocycles. The van der Waals surface area contributed by atoms with Crippen molar-refractivity contribution in [1.82, 2.24) is 9.97 Å². The number of methoxy groups -OCH3 is 1. The Balaban J connectivity index is 2.34. The van der Waals surface area contributed by atoms with Gasteiger partial charge in [-0.05, 0) is 23.7 Å². The Kier molecular flexibility index (Phi) is 3.30. The average Bonchev–Trinajstić information content (AvgIpc) is 2.34. The number of ether oxygens (including phenoxy) is 1. The van der Waals surface area contributed by atoms with Crippen molar-refractivity contribution in [3.63, 3.8) is 0 Å². The minimum Gasteiger partial charge on any atom is -0.495 e. The van der Waals surface area contributed by atoms with E-state index < -0.39 is 0 Å². The number of aromatic nitrogens is 2. The van der Waals surface area contributed by atoms with Gasteiger partial charge in [-0.3, -0.25) is 0 Å². The summed E-state index contributed by atoms with van der Waals surface area (Å²) in [6.07, 6.45) is 1.45. The molecule has 17 heavy (non-hydrogen) atoms. The van der Waals surface area contributed by atoms with Crippen molar-refractivity contribution in [1.29, 1.82) is 0 Å². The van der Waals surface area contributed by atoms with E-state index in [-0.39, 0.29) is 5.28 Å². The van der Waals surface area contributed by atoms with Crippen LogP contribution in [0, 0.1) is 0 Å². The number of anilines is 3. The van der Waals surface area contributed by atoms with E-state index in [0.29, 0.717) is 17.3 Å². The second-order valence-corrected chi connectivity index (χ2v) is 3.61. The number of nitrogens with one attached hydrogen (secondary N) is 1. The van der Waals surface area contributed by atoms with E-state index in [9.17, 15) is 0 Å². The monoisotopic (exact) mass is 250 g/mol. The van der Waals surface area contributed by atoms with Gasteiger partial charge in [-0.25, -0.2) is 4.98 Å². The van der Waals surface area contributed by atoms with Gasteiger partial charge in [-0.1, -0.05) is 12.1 Å². The number of hydrogen-bond donors (Lipinski definition) is 2. The Morgan fingerprint density at radius 1 is 1.35 bits per heavy atom. The third-order valence-electron chi connectivity index (χ3n) is 2.15. The summed E-state index contributed by atoms with van der Waals surface area (Å²) in [5.74, 6) is 1.15. The van der Waals surface area contributed by atoms with Crippen LogP contribution in [0.5, 0.6) is 5.75 Å². The molecule has 2 rings (SSSR count). The van der Waals surface area contributed by atoms with E-state index in [2.05, 4.69) is 15.3 Å². The highest BCUT2D eigenvalue weighted by atomic mass is 35.5. The molecule has 0 amide bonds. The maximum absolute atomic E-state index is 5.74. The van der Waals surface area contributed by atoms with Gasteiger partial charge in [-0.2, -0.15) is 4.98 Å². The van der Waals surface area contributed by atoms with Gasteiger partial charge in [0.2, 0.25) is 5.28 Å². The predicted octanol–water partition coefficient (Wildman–Crippen LogP) is 2.46. The molecule has 0 fully saturated rings. The zero-order valence-electron chi connectivity index (χ0n) is 9.14. The number of rotatable bonds is 3. The van der Waals surface area contributed by atoms with E-state index in [1.165, 1.54) is 6.20 Å². The van der Waals surface area contributed by atoms with E-state index in [0.717, 1.165) is 5.69 Å². The number of benzene rings is 1. The van der Waals surface area contributed by atoms with Crippen LogP contribution in [0.2, 0.25) is 5.28 Å². The SMILES string of the molecule is COc1ccccc1Nc1nc(Cl)ncc1N. The van der Waals surface area contributed by atoms with Crippen LogP contribution in [0.1, 0.15) is 0 Å². The zero-order chi connectivity index (χ0) is 12.3. The number of halogens is 1. The Labute approximate surface area is 104 Å². The van der Waals surface area contributed by atoms with Crippen LogP contribution in [0.4, 0.5) is 17.2 Å². The molecule has 0 bridgehead atoms. The fraction of sp³-hybridized carbons (Fsp3) is 0.0909. The minimum absolute atomic E-state index is 0.136. The van der Waals surface area contributed by atoms with Gasteiger partial charge in [0.15, 0.2) is 5.82 Å².